The quantitative estimate of drug-likeness (QED) is 0.792. The third kappa shape index (κ3) is 3.71. The second-order valence-electron chi connectivity index (χ2n) is 5.34. The molecule has 2 aromatic carbocycles. The van der Waals surface area contributed by atoms with E-state index in [0.29, 0.717) is 17.0 Å². The third-order valence-corrected chi connectivity index (χ3v) is 3.66. The van der Waals surface area contributed by atoms with Gasteiger partial charge in [-0.1, -0.05) is 24.3 Å². The van der Waals surface area contributed by atoms with Crippen molar-refractivity contribution in [3.63, 3.8) is 0 Å². The standard InChI is InChI=1S/C18H16FNO4/c19-14-7-5-13(6-8-14)11-24-18(22)9-10-20-15-3-1-2-4-16(15)23-12-17(20)21/h1-8H,9-12H2. The van der Waals surface area contributed by atoms with Gasteiger partial charge in [-0.15, -0.1) is 0 Å². The number of halogens is 1. The number of esters is 1. The lowest BCUT2D eigenvalue weighted by molar-refractivity contribution is -0.144. The highest BCUT2D eigenvalue weighted by atomic mass is 19.1. The first-order valence-corrected chi connectivity index (χ1v) is 7.56. The number of fused-ring (bicyclic) bond motifs is 1. The fourth-order valence-electron chi connectivity index (χ4n) is 2.42. The molecule has 0 N–H and O–H groups in total. The average molecular weight is 329 g/mol. The van der Waals surface area contributed by atoms with E-state index < -0.39 is 5.97 Å². The van der Waals surface area contributed by atoms with E-state index in [2.05, 4.69) is 0 Å². The Morgan fingerprint density at radius 1 is 1.17 bits per heavy atom. The first-order chi connectivity index (χ1) is 11.6. The summed E-state index contributed by atoms with van der Waals surface area (Å²) in [5.41, 5.74) is 1.36. The van der Waals surface area contributed by atoms with Crippen LogP contribution in [0.25, 0.3) is 0 Å². The molecule has 0 saturated carbocycles. The highest BCUT2D eigenvalue weighted by Gasteiger charge is 2.25. The zero-order valence-electron chi connectivity index (χ0n) is 12.9. The molecule has 0 atom stereocenters. The predicted molar refractivity (Wildman–Crippen MR) is 85.1 cm³/mol. The van der Waals surface area contributed by atoms with Crippen LogP contribution in [0.1, 0.15) is 12.0 Å². The van der Waals surface area contributed by atoms with Crippen molar-refractivity contribution in [2.24, 2.45) is 0 Å². The molecule has 3 rings (SSSR count). The SMILES string of the molecule is O=C(CCN1C(=O)COc2ccccc21)OCc1ccc(F)cc1. The molecule has 0 unspecified atom stereocenters. The lowest BCUT2D eigenvalue weighted by atomic mass is 10.2. The Kier molecular flexibility index (Phi) is 4.74. The van der Waals surface area contributed by atoms with Crippen molar-refractivity contribution in [1.29, 1.82) is 0 Å². The van der Waals surface area contributed by atoms with Crippen molar-refractivity contribution in [2.45, 2.75) is 13.0 Å². The molecule has 0 saturated heterocycles. The molecule has 0 spiro atoms. The van der Waals surface area contributed by atoms with Gasteiger partial charge >= 0.3 is 5.97 Å². The molecule has 1 heterocycles. The normalized spacial score (nSPS) is 13.2. The van der Waals surface area contributed by atoms with Crippen LogP contribution in [0.2, 0.25) is 0 Å². The molecule has 6 heteroatoms. The summed E-state index contributed by atoms with van der Waals surface area (Å²) >= 11 is 0. The molecule has 0 aromatic heterocycles. The largest absolute Gasteiger partial charge is 0.482 e. The van der Waals surface area contributed by atoms with Crippen molar-refractivity contribution in [1.82, 2.24) is 0 Å². The van der Waals surface area contributed by atoms with E-state index in [-0.39, 0.29) is 37.9 Å². The Labute approximate surface area is 138 Å². The monoisotopic (exact) mass is 329 g/mol. The number of hydrogen-bond donors (Lipinski definition) is 0. The molecule has 1 aliphatic heterocycles. The minimum Gasteiger partial charge on any atom is -0.482 e. The van der Waals surface area contributed by atoms with Crippen LogP contribution in [-0.2, 0) is 20.9 Å². The lowest BCUT2D eigenvalue weighted by Crippen LogP contribution is -2.40. The van der Waals surface area contributed by atoms with Gasteiger partial charge in [0, 0.05) is 6.54 Å². The van der Waals surface area contributed by atoms with Gasteiger partial charge in [0.25, 0.3) is 5.91 Å². The fraction of sp³-hybridized carbons (Fsp3) is 0.222. The molecule has 1 aliphatic rings. The van der Waals surface area contributed by atoms with E-state index in [4.69, 9.17) is 9.47 Å². The first-order valence-electron chi connectivity index (χ1n) is 7.56. The van der Waals surface area contributed by atoms with Crippen LogP contribution in [0.15, 0.2) is 48.5 Å². The number of rotatable bonds is 5. The molecule has 2 aromatic rings. The summed E-state index contributed by atoms with van der Waals surface area (Å²) in [4.78, 5) is 25.4. The second-order valence-corrected chi connectivity index (χ2v) is 5.34. The van der Waals surface area contributed by atoms with Crippen LogP contribution < -0.4 is 9.64 Å². The van der Waals surface area contributed by atoms with Crippen LogP contribution in [0.5, 0.6) is 5.75 Å². The Balaban J connectivity index is 1.54. The molecule has 0 fully saturated rings. The lowest BCUT2D eigenvalue weighted by Gasteiger charge is -2.28. The van der Waals surface area contributed by atoms with Crippen LogP contribution in [0.3, 0.4) is 0 Å². The molecule has 1 amide bonds. The molecule has 0 radical (unpaired) electrons. The van der Waals surface area contributed by atoms with Gasteiger partial charge < -0.3 is 14.4 Å². The zero-order valence-corrected chi connectivity index (χ0v) is 12.9. The zero-order chi connectivity index (χ0) is 16.9. The van der Waals surface area contributed by atoms with Crippen molar-refractivity contribution in [3.05, 3.63) is 59.9 Å². The van der Waals surface area contributed by atoms with E-state index >= 15 is 0 Å². The number of nitrogens with zero attached hydrogens (tertiary/aromatic N) is 1. The summed E-state index contributed by atoms with van der Waals surface area (Å²) < 4.78 is 23.3. The number of para-hydroxylation sites is 2. The summed E-state index contributed by atoms with van der Waals surface area (Å²) in [5, 5.41) is 0. The van der Waals surface area contributed by atoms with Gasteiger partial charge in [-0.05, 0) is 29.8 Å². The van der Waals surface area contributed by atoms with E-state index in [0.717, 1.165) is 0 Å². The average Bonchev–Trinajstić information content (AvgIpc) is 2.60. The Hall–Kier alpha value is -2.89. The van der Waals surface area contributed by atoms with Crippen molar-refractivity contribution in [3.8, 4) is 5.75 Å². The maximum Gasteiger partial charge on any atom is 0.307 e. The number of ether oxygens (including phenoxy) is 2. The van der Waals surface area contributed by atoms with E-state index in [1.165, 1.54) is 17.0 Å². The highest BCUT2D eigenvalue weighted by Crippen LogP contribution is 2.31. The highest BCUT2D eigenvalue weighted by molar-refractivity contribution is 5.98. The van der Waals surface area contributed by atoms with Crippen molar-refractivity contribution in [2.75, 3.05) is 18.1 Å². The Morgan fingerprint density at radius 3 is 2.71 bits per heavy atom. The van der Waals surface area contributed by atoms with E-state index in [9.17, 15) is 14.0 Å². The minimum atomic E-state index is -0.420. The number of anilines is 1. The maximum absolute atomic E-state index is 12.8. The van der Waals surface area contributed by atoms with Crippen LogP contribution in [0.4, 0.5) is 10.1 Å². The van der Waals surface area contributed by atoms with Gasteiger partial charge in [0.1, 0.15) is 18.2 Å². The molecular weight excluding hydrogens is 313 g/mol. The number of carbonyl (C=O) groups excluding carboxylic acids is 2. The van der Waals surface area contributed by atoms with Gasteiger partial charge in [0.15, 0.2) is 6.61 Å². The Morgan fingerprint density at radius 2 is 1.92 bits per heavy atom. The predicted octanol–water partition coefficient (Wildman–Crippen LogP) is 2.68. The number of carbonyl (C=O) groups is 2. The third-order valence-electron chi connectivity index (χ3n) is 3.66. The van der Waals surface area contributed by atoms with Gasteiger partial charge in [0.2, 0.25) is 0 Å². The summed E-state index contributed by atoms with van der Waals surface area (Å²) in [6.07, 6.45) is 0.0707. The summed E-state index contributed by atoms with van der Waals surface area (Å²) in [6.45, 7) is 0.260. The first kappa shape index (κ1) is 16.0. The summed E-state index contributed by atoms with van der Waals surface area (Å²) in [7, 11) is 0. The molecular formula is C18H16FNO4. The molecule has 0 aliphatic carbocycles. The van der Waals surface area contributed by atoms with Crippen LogP contribution in [0, 0.1) is 5.82 Å². The fourth-order valence-corrected chi connectivity index (χ4v) is 2.42. The van der Waals surface area contributed by atoms with Crippen LogP contribution >= 0.6 is 0 Å². The number of benzene rings is 2. The van der Waals surface area contributed by atoms with Gasteiger partial charge in [-0.2, -0.15) is 0 Å². The summed E-state index contributed by atoms with van der Waals surface area (Å²) in [6, 6.07) is 12.9. The van der Waals surface area contributed by atoms with Gasteiger partial charge in [-0.3, -0.25) is 9.59 Å². The van der Waals surface area contributed by atoms with Gasteiger partial charge in [-0.25, -0.2) is 4.39 Å². The van der Waals surface area contributed by atoms with E-state index in [1.54, 1.807) is 30.3 Å². The minimum absolute atomic E-state index is 0.0400. The van der Waals surface area contributed by atoms with Crippen LogP contribution in [-0.4, -0.2) is 25.0 Å². The van der Waals surface area contributed by atoms with Crippen molar-refractivity contribution < 1.29 is 23.5 Å². The maximum atomic E-state index is 12.8. The van der Waals surface area contributed by atoms with E-state index in [1.807, 2.05) is 6.07 Å². The van der Waals surface area contributed by atoms with Crippen molar-refractivity contribution >= 4 is 17.6 Å². The number of hydrogen-bond acceptors (Lipinski definition) is 4. The summed E-state index contributed by atoms with van der Waals surface area (Å²) in [5.74, 6) is -0.331. The van der Waals surface area contributed by atoms with Gasteiger partial charge in [0.05, 0.1) is 12.1 Å². The molecule has 124 valence electrons. The number of amides is 1. The molecule has 5 nitrogen and oxygen atoms in total. The molecule has 24 heavy (non-hydrogen) atoms. The Bertz CT molecular complexity index is 745. The smallest absolute Gasteiger partial charge is 0.307 e. The molecule has 0 bridgehead atoms. The second kappa shape index (κ2) is 7.12. The topological polar surface area (TPSA) is 55.8 Å².